The van der Waals surface area contributed by atoms with E-state index < -0.39 is 18.0 Å². The molecule has 0 N–H and O–H groups in total. The number of benzene rings is 2. The van der Waals surface area contributed by atoms with Crippen LogP contribution in [0.5, 0.6) is 0 Å². The fraction of sp³-hybridized carbons (Fsp3) is 0.172. The normalized spacial score (nSPS) is 15.1. The van der Waals surface area contributed by atoms with E-state index in [2.05, 4.69) is 4.99 Å². The highest BCUT2D eigenvalue weighted by atomic mass is 35.5. The van der Waals surface area contributed by atoms with Gasteiger partial charge < -0.3 is 13.9 Å². The quantitative estimate of drug-likeness (QED) is 0.321. The molecule has 39 heavy (non-hydrogen) atoms. The van der Waals surface area contributed by atoms with E-state index in [9.17, 15) is 14.4 Å². The number of esters is 2. The SMILES string of the molecule is CCC1=C(C(=O)OC)[C@H](c2ccccc2)n2c(s/c(=C/c3ccc(-c4ccc(Cl)c(C(=O)OC)c4)o3)c2=O)=N1. The lowest BCUT2D eigenvalue weighted by Gasteiger charge is -2.25. The van der Waals surface area contributed by atoms with E-state index in [1.807, 2.05) is 37.3 Å². The summed E-state index contributed by atoms with van der Waals surface area (Å²) in [5, 5.41) is 0.268. The second-order valence-corrected chi connectivity index (χ2v) is 10.0. The number of allylic oxidation sites excluding steroid dienone is 1. The van der Waals surface area contributed by atoms with Crippen LogP contribution < -0.4 is 14.9 Å². The van der Waals surface area contributed by atoms with E-state index in [1.165, 1.54) is 30.1 Å². The molecule has 0 saturated heterocycles. The van der Waals surface area contributed by atoms with Crippen molar-refractivity contribution in [3.05, 3.63) is 114 Å². The first-order chi connectivity index (χ1) is 18.9. The molecular weight excluding hydrogens is 540 g/mol. The van der Waals surface area contributed by atoms with Crippen molar-refractivity contribution in [3.8, 4) is 11.3 Å². The van der Waals surface area contributed by atoms with Gasteiger partial charge in [0, 0.05) is 11.6 Å². The summed E-state index contributed by atoms with van der Waals surface area (Å²) in [7, 11) is 2.60. The molecule has 1 aliphatic rings. The molecule has 2 aromatic carbocycles. The molecule has 2 aromatic heterocycles. The van der Waals surface area contributed by atoms with Crippen LogP contribution in [0.15, 0.2) is 86.1 Å². The van der Waals surface area contributed by atoms with Crippen LogP contribution in [-0.2, 0) is 14.3 Å². The van der Waals surface area contributed by atoms with Gasteiger partial charge in [-0.25, -0.2) is 14.6 Å². The van der Waals surface area contributed by atoms with Crippen molar-refractivity contribution in [2.45, 2.75) is 19.4 Å². The summed E-state index contributed by atoms with van der Waals surface area (Å²) in [5.41, 5.74) is 2.23. The summed E-state index contributed by atoms with van der Waals surface area (Å²) < 4.78 is 17.8. The second-order valence-electron chi connectivity index (χ2n) is 8.59. The third kappa shape index (κ3) is 4.86. The van der Waals surface area contributed by atoms with Gasteiger partial charge in [-0.15, -0.1) is 0 Å². The number of rotatable bonds is 6. The Labute approximate surface area is 232 Å². The van der Waals surface area contributed by atoms with Gasteiger partial charge in [-0.1, -0.05) is 60.2 Å². The minimum Gasteiger partial charge on any atom is -0.466 e. The minimum absolute atomic E-state index is 0.219. The number of halogens is 1. The Kier molecular flexibility index (Phi) is 7.36. The van der Waals surface area contributed by atoms with Gasteiger partial charge in [0.1, 0.15) is 11.5 Å². The van der Waals surface area contributed by atoms with Gasteiger partial charge in [-0.2, -0.15) is 0 Å². The Morgan fingerprint density at radius 3 is 2.51 bits per heavy atom. The van der Waals surface area contributed by atoms with Gasteiger partial charge in [0.15, 0.2) is 4.80 Å². The molecule has 198 valence electrons. The van der Waals surface area contributed by atoms with Crippen LogP contribution in [0.25, 0.3) is 17.4 Å². The first-order valence-electron chi connectivity index (χ1n) is 12.0. The van der Waals surface area contributed by atoms with Crippen molar-refractivity contribution in [2.24, 2.45) is 4.99 Å². The Balaban J connectivity index is 1.62. The fourth-order valence-corrected chi connectivity index (χ4v) is 5.67. The number of hydrogen-bond acceptors (Lipinski definition) is 8. The molecule has 0 bridgehead atoms. The van der Waals surface area contributed by atoms with Crippen LogP contribution in [0.1, 0.15) is 41.1 Å². The number of carbonyl (C=O) groups excluding carboxylic acids is 2. The average molecular weight is 563 g/mol. The fourth-order valence-electron chi connectivity index (χ4n) is 4.47. The molecule has 8 nitrogen and oxygen atoms in total. The van der Waals surface area contributed by atoms with Crippen LogP contribution >= 0.6 is 22.9 Å². The topological polar surface area (TPSA) is 100 Å². The molecule has 4 aromatic rings. The second kappa shape index (κ2) is 10.9. The van der Waals surface area contributed by atoms with Gasteiger partial charge in [0.05, 0.1) is 46.7 Å². The van der Waals surface area contributed by atoms with Crippen molar-refractivity contribution in [2.75, 3.05) is 14.2 Å². The van der Waals surface area contributed by atoms with Crippen molar-refractivity contribution >= 4 is 41.0 Å². The number of carbonyl (C=O) groups is 2. The molecular formula is C29H23ClN2O6S. The predicted molar refractivity (Wildman–Crippen MR) is 147 cm³/mol. The van der Waals surface area contributed by atoms with Gasteiger partial charge in [-0.3, -0.25) is 9.36 Å². The highest BCUT2D eigenvalue weighted by Gasteiger charge is 2.33. The number of aromatic nitrogens is 1. The van der Waals surface area contributed by atoms with Crippen molar-refractivity contribution in [1.29, 1.82) is 0 Å². The summed E-state index contributed by atoms with van der Waals surface area (Å²) in [6, 6.07) is 17.0. The van der Waals surface area contributed by atoms with E-state index in [0.29, 0.717) is 44.1 Å². The number of thiazole rings is 1. The van der Waals surface area contributed by atoms with Crippen molar-refractivity contribution in [1.82, 2.24) is 4.57 Å². The van der Waals surface area contributed by atoms with Crippen LogP contribution in [0.2, 0.25) is 5.02 Å². The summed E-state index contributed by atoms with van der Waals surface area (Å²) in [5.74, 6) is -0.160. The van der Waals surface area contributed by atoms with E-state index in [0.717, 1.165) is 5.56 Å². The predicted octanol–water partition coefficient (Wildman–Crippen LogP) is 4.50. The largest absolute Gasteiger partial charge is 0.466 e. The van der Waals surface area contributed by atoms with Gasteiger partial charge in [-0.05, 0) is 42.3 Å². The van der Waals surface area contributed by atoms with Crippen molar-refractivity contribution < 1.29 is 23.5 Å². The van der Waals surface area contributed by atoms with Gasteiger partial charge in [0.2, 0.25) is 0 Å². The lowest BCUT2D eigenvalue weighted by atomic mass is 9.95. The maximum absolute atomic E-state index is 13.7. The summed E-state index contributed by atoms with van der Waals surface area (Å²) in [6.45, 7) is 1.91. The Bertz CT molecular complexity index is 1800. The molecule has 0 spiro atoms. The molecule has 1 aliphatic heterocycles. The first-order valence-corrected chi connectivity index (χ1v) is 13.2. The lowest BCUT2D eigenvalue weighted by Crippen LogP contribution is -2.40. The number of furan rings is 1. The number of ether oxygens (including phenoxy) is 2. The highest BCUT2D eigenvalue weighted by Crippen LogP contribution is 2.32. The molecule has 0 fully saturated rings. The van der Waals surface area contributed by atoms with E-state index >= 15 is 0 Å². The maximum atomic E-state index is 13.7. The van der Waals surface area contributed by atoms with Crippen LogP contribution in [0.4, 0.5) is 0 Å². The Hall–Kier alpha value is -4.21. The number of methoxy groups -OCH3 is 2. The van der Waals surface area contributed by atoms with Crippen molar-refractivity contribution in [3.63, 3.8) is 0 Å². The molecule has 0 saturated carbocycles. The number of hydrogen-bond donors (Lipinski definition) is 0. The monoisotopic (exact) mass is 562 g/mol. The van der Waals surface area contributed by atoms with E-state index in [4.69, 9.17) is 25.5 Å². The smallest absolute Gasteiger partial charge is 0.339 e. The molecule has 1 atom stereocenters. The Morgan fingerprint density at radius 1 is 1.08 bits per heavy atom. The van der Waals surface area contributed by atoms with Crippen LogP contribution in [-0.4, -0.2) is 30.7 Å². The molecule has 0 unspecified atom stereocenters. The minimum atomic E-state index is -0.676. The summed E-state index contributed by atoms with van der Waals surface area (Å²) >= 11 is 7.35. The standard InChI is InChI=1S/C29H23ClN2O6S/c1-4-21-24(28(35)37-3)25(16-8-6-5-7-9-16)32-26(33)23(39-29(32)31-21)15-18-11-13-22(38-18)17-10-12-20(30)19(14-17)27(34)36-2/h5-15,25H,4H2,1-3H3/b23-15+/t25-/m0/s1. The third-order valence-corrected chi connectivity index (χ3v) is 7.63. The Morgan fingerprint density at radius 2 is 1.82 bits per heavy atom. The molecule has 0 radical (unpaired) electrons. The zero-order chi connectivity index (χ0) is 27.7. The number of nitrogens with zero attached hydrogens (tertiary/aromatic N) is 2. The average Bonchev–Trinajstić information content (AvgIpc) is 3.56. The molecule has 0 amide bonds. The molecule has 5 rings (SSSR count). The summed E-state index contributed by atoms with van der Waals surface area (Å²) in [6.07, 6.45) is 2.13. The van der Waals surface area contributed by atoms with Crippen LogP contribution in [0.3, 0.4) is 0 Å². The molecule has 10 heteroatoms. The van der Waals surface area contributed by atoms with Crippen LogP contribution in [0, 0.1) is 0 Å². The highest BCUT2D eigenvalue weighted by molar-refractivity contribution is 7.07. The number of fused-ring (bicyclic) bond motifs is 1. The molecule has 0 aliphatic carbocycles. The first kappa shape index (κ1) is 26.4. The third-order valence-electron chi connectivity index (χ3n) is 6.32. The lowest BCUT2D eigenvalue weighted by molar-refractivity contribution is -0.136. The molecule has 3 heterocycles. The van der Waals surface area contributed by atoms with E-state index in [-0.39, 0.29) is 16.1 Å². The summed E-state index contributed by atoms with van der Waals surface area (Å²) in [4.78, 5) is 43.8. The van der Waals surface area contributed by atoms with Gasteiger partial charge >= 0.3 is 11.9 Å². The van der Waals surface area contributed by atoms with E-state index in [1.54, 1.807) is 36.4 Å². The van der Waals surface area contributed by atoms with Gasteiger partial charge in [0.25, 0.3) is 5.56 Å². The zero-order valence-electron chi connectivity index (χ0n) is 21.3. The zero-order valence-corrected chi connectivity index (χ0v) is 22.8. The maximum Gasteiger partial charge on any atom is 0.339 e.